The summed E-state index contributed by atoms with van der Waals surface area (Å²) < 4.78 is 5.24. The highest BCUT2D eigenvalue weighted by Gasteiger charge is 2.48. The zero-order chi connectivity index (χ0) is 20.2. The van der Waals surface area contributed by atoms with Crippen molar-refractivity contribution < 1.29 is 14.6 Å². The molecule has 1 amide bonds. The van der Waals surface area contributed by atoms with E-state index in [2.05, 4.69) is 24.3 Å². The smallest absolute Gasteiger partial charge is 0.233 e. The Hall–Kier alpha value is -3.27. The predicted octanol–water partition coefficient (Wildman–Crippen LogP) is 5.13. The summed E-state index contributed by atoms with van der Waals surface area (Å²) in [5, 5.41) is 9.66. The molecule has 2 atom stereocenters. The number of carbonyl (C=O) groups is 1. The van der Waals surface area contributed by atoms with Crippen molar-refractivity contribution in [1.29, 1.82) is 0 Å². The Morgan fingerprint density at radius 2 is 1.62 bits per heavy atom. The van der Waals surface area contributed by atoms with Gasteiger partial charge in [0, 0.05) is 5.69 Å². The molecule has 148 valence electrons. The Bertz CT molecular complexity index is 952. The summed E-state index contributed by atoms with van der Waals surface area (Å²) in [6, 6.07) is 25.1. The fourth-order valence-electron chi connectivity index (χ4n) is 4.08. The number of hydrogen-bond donors (Lipinski definition) is 1. The molecule has 1 aliphatic rings. The first-order valence-corrected chi connectivity index (χ1v) is 9.97. The number of benzene rings is 3. The number of hydrogen-bond acceptors (Lipinski definition) is 3. The van der Waals surface area contributed by atoms with Crippen LogP contribution in [0.2, 0.25) is 0 Å². The highest BCUT2D eigenvalue weighted by Crippen LogP contribution is 2.46. The monoisotopic (exact) mass is 387 g/mol. The molecule has 0 aromatic heterocycles. The van der Waals surface area contributed by atoms with Gasteiger partial charge in [0.25, 0.3) is 0 Å². The third-order valence-corrected chi connectivity index (χ3v) is 5.62. The Labute approximate surface area is 171 Å². The molecule has 0 saturated carbocycles. The SMILES string of the molecule is COc1ccc(N2C(=O)[C@H](CCCc3ccccc3)[C@H]2c2ccc(O)cc2)cc1. The van der Waals surface area contributed by atoms with E-state index in [1.165, 1.54) is 5.56 Å². The van der Waals surface area contributed by atoms with Crippen LogP contribution in [0.5, 0.6) is 11.5 Å². The number of anilines is 1. The van der Waals surface area contributed by atoms with Crippen molar-refractivity contribution in [2.24, 2.45) is 5.92 Å². The number of aromatic hydroxyl groups is 1. The van der Waals surface area contributed by atoms with Crippen LogP contribution in [0.15, 0.2) is 78.9 Å². The first-order valence-electron chi connectivity index (χ1n) is 9.97. The number of rotatable bonds is 7. The van der Waals surface area contributed by atoms with E-state index >= 15 is 0 Å². The maximum Gasteiger partial charge on any atom is 0.233 e. The van der Waals surface area contributed by atoms with Crippen LogP contribution in [0.25, 0.3) is 0 Å². The maximum absolute atomic E-state index is 13.1. The quantitative estimate of drug-likeness (QED) is 0.572. The van der Waals surface area contributed by atoms with Gasteiger partial charge in [0.1, 0.15) is 11.5 Å². The number of phenolic OH excluding ortho intramolecular Hbond substituents is 1. The third kappa shape index (κ3) is 3.97. The highest BCUT2D eigenvalue weighted by atomic mass is 16.5. The number of carbonyl (C=O) groups excluding carboxylic acids is 1. The van der Waals surface area contributed by atoms with Gasteiger partial charge in [-0.05, 0) is 66.8 Å². The minimum absolute atomic E-state index is 0.0210. The summed E-state index contributed by atoms with van der Waals surface area (Å²) in [5.74, 6) is 1.10. The molecule has 29 heavy (non-hydrogen) atoms. The van der Waals surface area contributed by atoms with E-state index in [-0.39, 0.29) is 23.6 Å². The standard InChI is InChI=1S/C25H25NO3/c1-29-22-16-12-20(13-17-22)26-24(19-10-14-21(27)15-11-19)23(25(26)28)9-5-8-18-6-3-2-4-7-18/h2-4,6-7,10-17,23-24,27H,5,8-9H2,1H3/t23-,24-/m1/s1. The Morgan fingerprint density at radius 1 is 0.931 bits per heavy atom. The second kappa shape index (κ2) is 8.39. The van der Waals surface area contributed by atoms with Gasteiger partial charge in [-0.2, -0.15) is 0 Å². The lowest BCUT2D eigenvalue weighted by Crippen LogP contribution is -2.55. The topological polar surface area (TPSA) is 49.8 Å². The fourth-order valence-corrected chi connectivity index (χ4v) is 4.08. The molecule has 0 radical (unpaired) electrons. The number of methoxy groups -OCH3 is 1. The van der Waals surface area contributed by atoms with Gasteiger partial charge in [0.05, 0.1) is 19.1 Å². The van der Waals surface area contributed by atoms with E-state index in [0.29, 0.717) is 0 Å². The summed E-state index contributed by atoms with van der Waals surface area (Å²) in [5.41, 5.74) is 3.21. The largest absolute Gasteiger partial charge is 0.508 e. The van der Waals surface area contributed by atoms with Gasteiger partial charge in [-0.25, -0.2) is 0 Å². The second-order valence-electron chi connectivity index (χ2n) is 7.43. The average molecular weight is 387 g/mol. The minimum atomic E-state index is -0.0506. The summed E-state index contributed by atoms with van der Waals surface area (Å²) in [4.78, 5) is 14.9. The summed E-state index contributed by atoms with van der Waals surface area (Å²) in [7, 11) is 1.63. The highest BCUT2D eigenvalue weighted by molar-refractivity contribution is 6.03. The molecule has 0 spiro atoms. The molecule has 1 aliphatic heterocycles. The van der Waals surface area contributed by atoms with Crippen molar-refractivity contribution in [3.05, 3.63) is 90.0 Å². The molecule has 4 heteroatoms. The molecule has 0 aliphatic carbocycles. The van der Waals surface area contributed by atoms with Crippen molar-refractivity contribution in [2.75, 3.05) is 12.0 Å². The van der Waals surface area contributed by atoms with Gasteiger partial charge in [0.2, 0.25) is 5.91 Å². The lowest BCUT2D eigenvalue weighted by Gasteiger charge is -2.47. The van der Waals surface area contributed by atoms with E-state index in [1.807, 2.05) is 47.4 Å². The van der Waals surface area contributed by atoms with Crippen LogP contribution in [0.1, 0.15) is 30.0 Å². The molecule has 3 aromatic carbocycles. The first kappa shape index (κ1) is 19.1. The van der Waals surface area contributed by atoms with Gasteiger partial charge < -0.3 is 14.7 Å². The maximum atomic E-state index is 13.1. The van der Waals surface area contributed by atoms with Crippen LogP contribution in [0.3, 0.4) is 0 Å². The molecule has 4 rings (SSSR count). The van der Waals surface area contributed by atoms with Crippen molar-refractivity contribution >= 4 is 11.6 Å². The minimum Gasteiger partial charge on any atom is -0.508 e. The molecule has 4 nitrogen and oxygen atoms in total. The van der Waals surface area contributed by atoms with Crippen molar-refractivity contribution in [3.63, 3.8) is 0 Å². The lowest BCUT2D eigenvalue weighted by molar-refractivity contribution is -0.130. The summed E-state index contributed by atoms with van der Waals surface area (Å²) >= 11 is 0. The van der Waals surface area contributed by atoms with Crippen molar-refractivity contribution in [1.82, 2.24) is 0 Å². The van der Waals surface area contributed by atoms with E-state index in [0.717, 1.165) is 36.3 Å². The number of nitrogens with zero attached hydrogens (tertiary/aromatic N) is 1. The van der Waals surface area contributed by atoms with Crippen LogP contribution in [0.4, 0.5) is 5.69 Å². The number of amides is 1. The van der Waals surface area contributed by atoms with E-state index < -0.39 is 0 Å². The zero-order valence-corrected chi connectivity index (χ0v) is 16.5. The van der Waals surface area contributed by atoms with Gasteiger partial charge >= 0.3 is 0 Å². The average Bonchev–Trinajstić information content (AvgIpc) is 2.77. The Balaban J connectivity index is 1.53. The Morgan fingerprint density at radius 3 is 2.28 bits per heavy atom. The molecular weight excluding hydrogens is 362 g/mol. The normalized spacial score (nSPS) is 18.4. The van der Waals surface area contributed by atoms with Crippen molar-refractivity contribution in [3.8, 4) is 11.5 Å². The second-order valence-corrected chi connectivity index (χ2v) is 7.43. The lowest BCUT2D eigenvalue weighted by atomic mass is 9.78. The van der Waals surface area contributed by atoms with E-state index in [1.54, 1.807) is 19.2 Å². The van der Waals surface area contributed by atoms with Gasteiger partial charge in [0.15, 0.2) is 0 Å². The van der Waals surface area contributed by atoms with Crippen LogP contribution in [0, 0.1) is 5.92 Å². The molecule has 1 saturated heterocycles. The van der Waals surface area contributed by atoms with Crippen LogP contribution < -0.4 is 9.64 Å². The third-order valence-electron chi connectivity index (χ3n) is 5.62. The Kier molecular flexibility index (Phi) is 5.52. The molecule has 1 fully saturated rings. The molecule has 1 heterocycles. The fraction of sp³-hybridized carbons (Fsp3) is 0.240. The zero-order valence-electron chi connectivity index (χ0n) is 16.5. The number of aryl methyl sites for hydroxylation is 1. The predicted molar refractivity (Wildman–Crippen MR) is 114 cm³/mol. The number of ether oxygens (including phenoxy) is 1. The van der Waals surface area contributed by atoms with E-state index in [4.69, 9.17) is 4.74 Å². The summed E-state index contributed by atoms with van der Waals surface area (Å²) in [6.07, 6.45) is 2.77. The van der Waals surface area contributed by atoms with Crippen LogP contribution in [-0.4, -0.2) is 18.1 Å². The first-order chi connectivity index (χ1) is 14.2. The van der Waals surface area contributed by atoms with Gasteiger partial charge in [-0.3, -0.25) is 4.79 Å². The molecule has 3 aromatic rings. The van der Waals surface area contributed by atoms with Crippen LogP contribution in [-0.2, 0) is 11.2 Å². The molecule has 0 unspecified atom stereocenters. The molecule has 1 N–H and O–H groups in total. The van der Waals surface area contributed by atoms with Crippen molar-refractivity contribution in [2.45, 2.75) is 25.3 Å². The summed E-state index contributed by atoms with van der Waals surface area (Å²) in [6.45, 7) is 0. The van der Waals surface area contributed by atoms with Gasteiger partial charge in [-0.1, -0.05) is 42.5 Å². The van der Waals surface area contributed by atoms with Crippen LogP contribution >= 0.6 is 0 Å². The number of β-lactam (4-membered cyclic amide) rings is 1. The molecule has 0 bridgehead atoms. The molecular formula is C25H25NO3. The van der Waals surface area contributed by atoms with Gasteiger partial charge in [-0.15, -0.1) is 0 Å². The number of phenols is 1. The van der Waals surface area contributed by atoms with E-state index in [9.17, 15) is 9.90 Å².